The SMILES string of the molecule is CN[C@H]1CCN(C(=O)c2c(C)cc(C)nc2-c2ccnc3c(P)c(CN4C(=O)C5C(C4=O)C5(C)C)sc23)C1. The van der Waals surface area contributed by atoms with E-state index < -0.39 is 0 Å². The van der Waals surface area contributed by atoms with Gasteiger partial charge in [-0.1, -0.05) is 13.8 Å². The lowest BCUT2D eigenvalue weighted by molar-refractivity contribution is -0.143. The number of thiophene rings is 1. The van der Waals surface area contributed by atoms with E-state index in [-0.39, 0.29) is 41.5 Å². The van der Waals surface area contributed by atoms with Crippen molar-refractivity contribution in [1.29, 1.82) is 0 Å². The second-order valence-corrected chi connectivity index (χ2v) is 13.0. The van der Waals surface area contributed by atoms with E-state index in [0.29, 0.717) is 30.4 Å². The van der Waals surface area contributed by atoms with E-state index in [9.17, 15) is 14.4 Å². The Balaban J connectivity index is 1.40. The third-order valence-electron chi connectivity index (χ3n) is 8.58. The van der Waals surface area contributed by atoms with Gasteiger partial charge in [0.15, 0.2) is 0 Å². The number of carbonyl (C=O) groups excluding carboxylic acids is 3. The number of aryl methyl sites for hydroxylation is 2. The van der Waals surface area contributed by atoms with Gasteiger partial charge >= 0.3 is 0 Å². The molecule has 4 atom stereocenters. The zero-order chi connectivity index (χ0) is 27.1. The van der Waals surface area contributed by atoms with E-state index >= 15 is 0 Å². The molecule has 1 aliphatic carbocycles. The van der Waals surface area contributed by atoms with Gasteiger partial charge in [0, 0.05) is 46.8 Å². The number of aromatic nitrogens is 2. The van der Waals surface area contributed by atoms with Crippen LogP contribution in [0.2, 0.25) is 0 Å². The molecule has 2 saturated heterocycles. The number of likely N-dealkylation sites (N-methyl/N-ethyl adjacent to an activating group) is 1. The molecular weight excluding hydrogens is 517 g/mol. The molecule has 198 valence electrons. The highest BCUT2D eigenvalue weighted by Gasteiger charge is 2.72. The van der Waals surface area contributed by atoms with Gasteiger partial charge < -0.3 is 10.2 Å². The van der Waals surface area contributed by atoms with Crippen molar-refractivity contribution in [3.8, 4) is 11.3 Å². The summed E-state index contributed by atoms with van der Waals surface area (Å²) in [6.07, 6.45) is 2.67. The van der Waals surface area contributed by atoms with E-state index in [0.717, 1.165) is 43.6 Å². The summed E-state index contributed by atoms with van der Waals surface area (Å²) in [5.41, 5.74) is 4.41. The molecular formula is C28H32N5O3PS. The summed E-state index contributed by atoms with van der Waals surface area (Å²) in [5, 5.41) is 4.15. The maximum Gasteiger partial charge on any atom is 0.256 e. The molecule has 3 aliphatic rings. The van der Waals surface area contributed by atoms with Crippen LogP contribution < -0.4 is 10.6 Å². The van der Waals surface area contributed by atoms with Crippen molar-refractivity contribution >= 4 is 53.8 Å². The predicted octanol–water partition coefficient (Wildman–Crippen LogP) is 3.05. The minimum absolute atomic E-state index is 0.00862. The van der Waals surface area contributed by atoms with Gasteiger partial charge in [-0.25, -0.2) is 0 Å². The normalized spacial score (nSPS) is 24.0. The Morgan fingerprint density at radius 1 is 1.24 bits per heavy atom. The van der Waals surface area contributed by atoms with Crippen LogP contribution in [0.25, 0.3) is 21.5 Å². The predicted molar refractivity (Wildman–Crippen MR) is 151 cm³/mol. The molecule has 0 bridgehead atoms. The number of pyridine rings is 2. The number of rotatable bonds is 5. The molecule has 10 heteroatoms. The summed E-state index contributed by atoms with van der Waals surface area (Å²) in [4.78, 5) is 53.5. The lowest BCUT2D eigenvalue weighted by atomic mass is 9.99. The maximum absolute atomic E-state index is 13.8. The number of carbonyl (C=O) groups is 3. The molecule has 0 radical (unpaired) electrons. The molecule has 3 aromatic heterocycles. The van der Waals surface area contributed by atoms with Crippen LogP contribution in [0.1, 0.15) is 46.8 Å². The number of hydrogen-bond acceptors (Lipinski definition) is 7. The molecule has 1 saturated carbocycles. The first-order valence-electron chi connectivity index (χ1n) is 13.0. The minimum atomic E-state index is -0.233. The van der Waals surface area contributed by atoms with Crippen LogP contribution in [0, 0.1) is 31.1 Å². The first-order valence-corrected chi connectivity index (χ1v) is 14.4. The summed E-state index contributed by atoms with van der Waals surface area (Å²) < 4.78 is 0.901. The third-order valence-corrected chi connectivity index (χ3v) is 10.6. The van der Waals surface area contributed by atoms with E-state index in [1.54, 1.807) is 6.20 Å². The first kappa shape index (κ1) is 25.5. The highest BCUT2D eigenvalue weighted by molar-refractivity contribution is 7.33. The fourth-order valence-corrected chi connectivity index (χ4v) is 8.07. The molecule has 3 aromatic rings. The number of nitrogens with one attached hydrogen (secondary N) is 1. The monoisotopic (exact) mass is 549 g/mol. The Labute approximate surface area is 228 Å². The molecule has 5 heterocycles. The van der Waals surface area contributed by atoms with Crippen LogP contribution in [-0.4, -0.2) is 63.7 Å². The van der Waals surface area contributed by atoms with Crippen molar-refractivity contribution in [2.75, 3.05) is 20.1 Å². The quantitative estimate of drug-likeness (QED) is 0.388. The van der Waals surface area contributed by atoms with E-state index in [1.807, 2.05) is 51.8 Å². The zero-order valence-corrected chi connectivity index (χ0v) is 24.3. The first-order chi connectivity index (χ1) is 18.0. The van der Waals surface area contributed by atoms with Crippen molar-refractivity contribution < 1.29 is 14.4 Å². The number of hydrogen-bond donors (Lipinski definition) is 1. The van der Waals surface area contributed by atoms with Crippen LogP contribution in [0.15, 0.2) is 18.3 Å². The highest BCUT2D eigenvalue weighted by atomic mass is 32.1. The van der Waals surface area contributed by atoms with E-state index in [4.69, 9.17) is 4.98 Å². The lowest BCUT2D eigenvalue weighted by Gasteiger charge is -2.20. The van der Waals surface area contributed by atoms with Gasteiger partial charge in [0.2, 0.25) is 11.8 Å². The Morgan fingerprint density at radius 2 is 1.95 bits per heavy atom. The van der Waals surface area contributed by atoms with Gasteiger partial charge in [-0.15, -0.1) is 20.6 Å². The standard InChI is InChI=1S/C28H32N5O3PS/c1-13-10-14(2)31-21(18(13)25(34)32-9-7-15(11-32)29-5)16-6-8-30-22-23(37)17(38-24(16)22)12-33-26(35)19-20(27(33)36)28(19,3)4/h6,8,10,15,19-20,29H,7,9,11-12,37H2,1-5H3/t15-,19?,20?/m0/s1. The van der Waals surface area contributed by atoms with Crippen molar-refractivity contribution in [1.82, 2.24) is 25.1 Å². The van der Waals surface area contributed by atoms with Crippen LogP contribution in [0.3, 0.4) is 0 Å². The highest BCUT2D eigenvalue weighted by Crippen LogP contribution is 2.63. The molecule has 3 unspecified atom stereocenters. The average Bonchev–Trinajstić information content (AvgIpc) is 3.23. The molecule has 3 amide bonds. The summed E-state index contributed by atoms with van der Waals surface area (Å²) in [5.74, 6) is -0.561. The summed E-state index contributed by atoms with van der Waals surface area (Å²) in [7, 11) is 4.68. The summed E-state index contributed by atoms with van der Waals surface area (Å²) >= 11 is 1.52. The molecule has 1 N–H and O–H groups in total. The number of nitrogens with zero attached hydrogens (tertiary/aromatic N) is 4. The number of fused-ring (bicyclic) bond motifs is 2. The van der Waals surface area contributed by atoms with Crippen molar-refractivity contribution in [2.24, 2.45) is 17.3 Å². The minimum Gasteiger partial charge on any atom is -0.337 e. The lowest BCUT2D eigenvalue weighted by Crippen LogP contribution is -2.36. The van der Waals surface area contributed by atoms with Crippen LogP contribution in [0.4, 0.5) is 0 Å². The fourth-order valence-electron chi connectivity index (χ4n) is 6.30. The topological polar surface area (TPSA) is 95.5 Å². The van der Waals surface area contributed by atoms with Gasteiger partial charge in [0.05, 0.1) is 39.9 Å². The Hall–Kier alpha value is -2.74. The summed E-state index contributed by atoms with van der Waals surface area (Å²) in [6.45, 7) is 9.50. The van der Waals surface area contributed by atoms with E-state index in [2.05, 4.69) is 19.5 Å². The largest absolute Gasteiger partial charge is 0.337 e. The van der Waals surface area contributed by atoms with Crippen molar-refractivity contribution in [2.45, 2.75) is 46.7 Å². The summed E-state index contributed by atoms with van der Waals surface area (Å²) in [6, 6.07) is 4.16. The molecule has 6 rings (SSSR count). The molecule has 0 spiro atoms. The number of imide groups is 1. The number of piperidine rings is 1. The molecule has 3 fully saturated rings. The molecule has 38 heavy (non-hydrogen) atoms. The van der Waals surface area contributed by atoms with Crippen molar-refractivity contribution in [3.05, 3.63) is 40.0 Å². The average molecular weight is 550 g/mol. The molecule has 0 aromatic carbocycles. The third kappa shape index (κ3) is 3.74. The Kier molecular flexibility index (Phi) is 5.98. The van der Waals surface area contributed by atoms with Gasteiger partial charge in [0.25, 0.3) is 5.91 Å². The maximum atomic E-state index is 13.8. The van der Waals surface area contributed by atoms with Gasteiger partial charge in [-0.3, -0.25) is 29.3 Å². The van der Waals surface area contributed by atoms with Gasteiger partial charge in [0.1, 0.15) is 0 Å². The fraction of sp³-hybridized carbons (Fsp3) is 0.464. The van der Waals surface area contributed by atoms with Crippen LogP contribution in [-0.2, 0) is 16.1 Å². The van der Waals surface area contributed by atoms with Crippen molar-refractivity contribution in [3.63, 3.8) is 0 Å². The number of likely N-dealkylation sites (tertiary alicyclic amines) is 2. The molecule has 2 aliphatic heterocycles. The zero-order valence-electron chi connectivity index (χ0n) is 22.3. The number of amides is 3. The van der Waals surface area contributed by atoms with Gasteiger partial charge in [-0.2, -0.15) is 0 Å². The van der Waals surface area contributed by atoms with E-state index in [1.165, 1.54) is 16.2 Å². The Bertz CT molecular complexity index is 1510. The van der Waals surface area contributed by atoms with Gasteiger partial charge in [-0.05, 0) is 50.4 Å². The second-order valence-electron chi connectivity index (χ2n) is 11.3. The molecule has 8 nitrogen and oxygen atoms in total. The van der Waals surface area contributed by atoms with Crippen LogP contribution >= 0.6 is 20.6 Å². The Morgan fingerprint density at radius 3 is 2.61 bits per heavy atom. The van der Waals surface area contributed by atoms with Crippen LogP contribution in [0.5, 0.6) is 0 Å². The smallest absolute Gasteiger partial charge is 0.256 e. The second kappa shape index (κ2) is 8.90.